The Kier molecular flexibility index (Phi) is 11.0. The zero-order valence-corrected chi connectivity index (χ0v) is 38.7. The minimum atomic E-state index is -3.08. The first-order valence-corrected chi connectivity index (χ1v) is 24.5. The quantitative estimate of drug-likeness (QED) is 0.0862. The van der Waals surface area contributed by atoms with Crippen molar-refractivity contribution in [1.82, 2.24) is 19.5 Å². The summed E-state index contributed by atoms with van der Waals surface area (Å²) in [4.78, 5) is 14.8. The number of anilines is 1. The Morgan fingerprint density at radius 3 is 1.83 bits per heavy atom. The number of rotatable bonds is 13. The molecule has 334 valence electrons. The summed E-state index contributed by atoms with van der Waals surface area (Å²) in [6, 6.07) is 49.8. The minimum Gasteiger partial charge on any atom is -0.497 e. The summed E-state index contributed by atoms with van der Waals surface area (Å²) in [7, 11) is -1.41. The van der Waals surface area contributed by atoms with Gasteiger partial charge in [-0.25, -0.2) is 15.0 Å². The van der Waals surface area contributed by atoms with Crippen LogP contribution in [0.15, 0.2) is 158 Å². The van der Waals surface area contributed by atoms with E-state index in [1.54, 1.807) is 19.8 Å². The van der Waals surface area contributed by atoms with Gasteiger partial charge in [0.05, 0.1) is 26.7 Å². The summed E-state index contributed by atoms with van der Waals surface area (Å²) in [6.07, 6.45) is 5.25. The number of fused-ring (bicyclic) bond motifs is 2. The van der Waals surface area contributed by atoms with E-state index < -0.39 is 43.2 Å². The number of benzene rings is 5. The summed E-state index contributed by atoms with van der Waals surface area (Å²) < 4.78 is 36.7. The second kappa shape index (κ2) is 16.6. The average Bonchev–Trinajstić information content (AvgIpc) is 4.11. The highest BCUT2D eigenvalue weighted by Gasteiger charge is 2.72. The van der Waals surface area contributed by atoms with Crippen LogP contribution in [0, 0.1) is 0 Å². The van der Waals surface area contributed by atoms with Crippen molar-refractivity contribution in [3.8, 4) is 5.75 Å². The van der Waals surface area contributed by atoms with Crippen LogP contribution < -0.4 is 20.4 Å². The number of aliphatic hydroxyl groups excluding tert-OH is 1. The fraction of sp³-hybridized carbons (Fsp3) is 0.340. The van der Waals surface area contributed by atoms with Gasteiger partial charge in [0.15, 0.2) is 29.0 Å². The van der Waals surface area contributed by atoms with Gasteiger partial charge < -0.3 is 33.8 Å². The van der Waals surface area contributed by atoms with Gasteiger partial charge in [0.1, 0.15) is 34.9 Å². The maximum Gasteiger partial charge on any atom is 0.261 e. The molecule has 4 heterocycles. The smallest absolute Gasteiger partial charge is 0.261 e. The zero-order chi connectivity index (χ0) is 44.9. The van der Waals surface area contributed by atoms with E-state index in [0.29, 0.717) is 17.0 Å². The summed E-state index contributed by atoms with van der Waals surface area (Å²) >= 11 is 0. The topological polar surface area (TPSA) is 122 Å². The third-order valence-corrected chi connectivity index (χ3v) is 19.0. The number of hydrogen-bond acceptors (Lipinski definition) is 10. The van der Waals surface area contributed by atoms with Crippen molar-refractivity contribution in [2.45, 2.75) is 93.3 Å². The molecule has 5 aromatic carbocycles. The Morgan fingerprint density at radius 1 is 0.738 bits per heavy atom. The third kappa shape index (κ3) is 7.01. The van der Waals surface area contributed by atoms with Gasteiger partial charge in [0, 0.05) is 12.8 Å². The molecule has 0 bridgehead atoms. The normalized spacial score (nSPS) is 22.9. The Morgan fingerprint density at radius 2 is 1.29 bits per heavy atom. The number of aliphatic hydroxyl groups is 1. The van der Waals surface area contributed by atoms with Gasteiger partial charge in [0.2, 0.25) is 0 Å². The molecule has 4 atom stereocenters. The first kappa shape index (κ1) is 43.2. The van der Waals surface area contributed by atoms with Gasteiger partial charge in [-0.2, -0.15) is 0 Å². The van der Waals surface area contributed by atoms with Crippen LogP contribution >= 0.6 is 0 Å². The van der Waals surface area contributed by atoms with E-state index in [0.717, 1.165) is 58.5 Å². The predicted molar refractivity (Wildman–Crippen MR) is 254 cm³/mol. The van der Waals surface area contributed by atoms with Gasteiger partial charge in [-0.3, -0.25) is 4.57 Å². The number of nitrogens with one attached hydrogen (secondary N) is 1. The van der Waals surface area contributed by atoms with Crippen LogP contribution in [-0.4, -0.2) is 76.4 Å². The van der Waals surface area contributed by atoms with E-state index in [2.05, 4.69) is 111 Å². The zero-order valence-electron chi connectivity index (χ0n) is 37.7. The predicted octanol–water partition coefficient (Wildman–Crippen LogP) is 8.52. The molecule has 7 aromatic rings. The van der Waals surface area contributed by atoms with Crippen molar-refractivity contribution in [3.63, 3.8) is 0 Å². The molecule has 1 saturated carbocycles. The van der Waals surface area contributed by atoms with E-state index in [4.69, 9.17) is 38.3 Å². The SMILES string of the molecule is COc1ccc(C(Nc2ncnc3c2ncn3[C@@H]2O[C@@](CO)(CO[Si](c3ccccc3)(c3ccccc3)C(C)(C)C)[C@H]3OC4(CCCC4)O[C@]32C)(c2ccccc2)c2ccccc2)cc1. The first-order chi connectivity index (χ1) is 31.5. The van der Waals surface area contributed by atoms with Crippen molar-refractivity contribution in [2.24, 2.45) is 0 Å². The molecule has 1 spiro atoms. The van der Waals surface area contributed by atoms with Crippen molar-refractivity contribution in [3.05, 3.63) is 175 Å². The molecule has 3 fully saturated rings. The maximum absolute atomic E-state index is 11.8. The highest BCUT2D eigenvalue weighted by molar-refractivity contribution is 6.99. The largest absolute Gasteiger partial charge is 0.497 e. The molecule has 0 radical (unpaired) electrons. The number of aromatic nitrogens is 4. The van der Waals surface area contributed by atoms with Gasteiger partial charge >= 0.3 is 0 Å². The molecule has 1 aliphatic carbocycles. The molecule has 12 heteroatoms. The number of nitrogens with zero attached hydrogens (tertiary/aromatic N) is 4. The van der Waals surface area contributed by atoms with Gasteiger partial charge in [0.25, 0.3) is 8.32 Å². The van der Waals surface area contributed by atoms with E-state index in [1.807, 2.05) is 72.2 Å². The van der Waals surface area contributed by atoms with Crippen LogP contribution in [0.5, 0.6) is 5.75 Å². The Hall–Kier alpha value is -5.73. The Labute approximate surface area is 381 Å². The van der Waals surface area contributed by atoms with Crippen LogP contribution in [0.4, 0.5) is 5.82 Å². The lowest BCUT2D eigenvalue weighted by Crippen LogP contribution is -2.68. The van der Waals surface area contributed by atoms with Crippen molar-refractivity contribution >= 4 is 35.7 Å². The highest BCUT2D eigenvalue weighted by Crippen LogP contribution is 2.59. The molecule has 2 aromatic heterocycles. The maximum atomic E-state index is 11.8. The lowest BCUT2D eigenvalue weighted by Gasteiger charge is -2.45. The van der Waals surface area contributed by atoms with Gasteiger partial charge in [-0.1, -0.05) is 154 Å². The Bertz CT molecular complexity index is 2650. The summed E-state index contributed by atoms with van der Waals surface area (Å²) in [5.74, 6) is 0.459. The highest BCUT2D eigenvalue weighted by atomic mass is 28.4. The lowest BCUT2D eigenvalue weighted by atomic mass is 9.77. The van der Waals surface area contributed by atoms with E-state index >= 15 is 0 Å². The third-order valence-electron chi connectivity index (χ3n) is 14.0. The molecule has 0 amide bonds. The molecule has 2 aliphatic heterocycles. The molecule has 2 N–H and O–H groups in total. The number of imidazole rings is 1. The molecule has 3 aliphatic rings. The van der Waals surface area contributed by atoms with Gasteiger partial charge in [-0.05, 0) is 64.0 Å². The fourth-order valence-corrected chi connectivity index (χ4v) is 15.6. The summed E-state index contributed by atoms with van der Waals surface area (Å²) in [6.45, 7) is 8.48. The van der Waals surface area contributed by atoms with E-state index in [9.17, 15) is 5.11 Å². The second-order valence-corrected chi connectivity index (χ2v) is 23.2. The van der Waals surface area contributed by atoms with Gasteiger partial charge in [-0.15, -0.1) is 0 Å². The molecule has 10 rings (SSSR count). The molecular formula is C53H57N5O6Si. The number of hydrogen-bond donors (Lipinski definition) is 2. The Balaban J connectivity index is 1.09. The van der Waals surface area contributed by atoms with E-state index in [1.165, 1.54) is 0 Å². The average molecular weight is 888 g/mol. The number of methoxy groups -OCH3 is 1. The fourth-order valence-electron chi connectivity index (χ4n) is 11.0. The first-order valence-electron chi connectivity index (χ1n) is 22.6. The standard InChI is InChI=1S/C53H57N5O6Si/c1-49(2,3)65(42-24-14-8-15-25-42,43-26-16-9-17-27-43)61-35-51(34-59)47-50(4,64-52(62-47)32-18-19-33-52)48(63-51)58-37-56-44-45(54-36-55-46(44)58)57-53(38-20-10-6-11-21-38,39-22-12-7-13-23-39)40-28-30-41(60-5)31-29-40/h6-17,20-31,36-37,47-48,59H,18-19,32-35H2,1-5H3,(H,54,55,57)/t47-,48+,50+,51-/m0/s1. The van der Waals surface area contributed by atoms with E-state index in [-0.39, 0.29) is 18.3 Å². The molecule has 11 nitrogen and oxygen atoms in total. The van der Waals surface area contributed by atoms with Crippen molar-refractivity contribution < 1.29 is 28.5 Å². The lowest BCUT2D eigenvalue weighted by molar-refractivity contribution is -0.254. The van der Waals surface area contributed by atoms with Crippen LogP contribution in [0.25, 0.3) is 11.2 Å². The monoisotopic (exact) mass is 887 g/mol. The second-order valence-electron chi connectivity index (χ2n) is 18.9. The van der Waals surface area contributed by atoms with Crippen LogP contribution in [0.1, 0.15) is 76.3 Å². The molecule has 65 heavy (non-hydrogen) atoms. The van der Waals surface area contributed by atoms with Crippen LogP contribution in [0.2, 0.25) is 5.04 Å². The summed E-state index contributed by atoms with van der Waals surface area (Å²) in [5, 5.41) is 17.7. The van der Waals surface area contributed by atoms with Crippen LogP contribution in [-0.2, 0) is 24.2 Å². The summed E-state index contributed by atoms with van der Waals surface area (Å²) in [5.41, 5.74) is 0.747. The molecular weight excluding hydrogens is 831 g/mol. The number of ether oxygens (including phenoxy) is 4. The molecule has 2 saturated heterocycles. The van der Waals surface area contributed by atoms with Crippen LogP contribution in [0.3, 0.4) is 0 Å². The van der Waals surface area contributed by atoms with Crippen molar-refractivity contribution in [1.29, 1.82) is 0 Å². The molecule has 0 unspecified atom stereocenters. The minimum absolute atomic E-state index is 0.0555. The van der Waals surface area contributed by atoms with Crippen molar-refractivity contribution in [2.75, 3.05) is 25.6 Å².